The van der Waals surface area contributed by atoms with Gasteiger partial charge in [-0.05, 0) is 63.3 Å². The largest absolute Gasteiger partial charge is 0.369 e. The number of benzene rings is 1. The number of hydrogen-bond acceptors (Lipinski definition) is 3. The van der Waals surface area contributed by atoms with Crippen LogP contribution in [0.2, 0.25) is 0 Å². The normalized spacial score (nSPS) is 26.7. The first-order chi connectivity index (χ1) is 11.1. The maximum Gasteiger partial charge on any atom is 0.0367 e. The fraction of sp³-hybridized carbons (Fsp3) is 0.700. The van der Waals surface area contributed by atoms with Crippen molar-refractivity contribution in [1.29, 1.82) is 0 Å². The lowest BCUT2D eigenvalue weighted by Gasteiger charge is -2.38. The van der Waals surface area contributed by atoms with Gasteiger partial charge in [-0.3, -0.25) is 4.90 Å². The number of piperazine rings is 1. The lowest BCUT2D eigenvalue weighted by atomic mass is 9.92. The van der Waals surface area contributed by atoms with Gasteiger partial charge in [0.25, 0.3) is 0 Å². The third kappa shape index (κ3) is 4.48. The predicted molar refractivity (Wildman–Crippen MR) is 99.3 cm³/mol. The summed E-state index contributed by atoms with van der Waals surface area (Å²) < 4.78 is 0. The molecule has 2 fully saturated rings. The minimum atomic E-state index is 0.672. The van der Waals surface area contributed by atoms with Crippen LogP contribution in [0, 0.1) is 5.92 Å². The fourth-order valence-corrected chi connectivity index (χ4v) is 3.86. The molecule has 1 unspecified atom stereocenters. The highest BCUT2D eigenvalue weighted by Gasteiger charge is 2.20. The Morgan fingerprint density at radius 2 is 1.74 bits per heavy atom. The molecule has 3 nitrogen and oxygen atoms in total. The van der Waals surface area contributed by atoms with Gasteiger partial charge in [0, 0.05) is 44.0 Å². The molecule has 2 aliphatic rings. The Hall–Kier alpha value is -1.06. The van der Waals surface area contributed by atoms with E-state index in [0.29, 0.717) is 12.1 Å². The Balaban J connectivity index is 1.51. The zero-order valence-corrected chi connectivity index (χ0v) is 15.1. The third-order valence-electron chi connectivity index (χ3n) is 5.59. The summed E-state index contributed by atoms with van der Waals surface area (Å²) in [5.41, 5.74) is 2.86. The van der Waals surface area contributed by atoms with E-state index in [2.05, 4.69) is 60.2 Å². The van der Waals surface area contributed by atoms with Crippen molar-refractivity contribution in [1.82, 2.24) is 10.2 Å². The molecule has 0 aromatic heterocycles. The van der Waals surface area contributed by atoms with Crippen molar-refractivity contribution in [2.24, 2.45) is 5.92 Å². The minimum absolute atomic E-state index is 0.672. The lowest BCUT2D eigenvalue weighted by molar-refractivity contribution is 0.209. The smallest absolute Gasteiger partial charge is 0.0367 e. The highest BCUT2D eigenvalue weighted by atomic mass is 15.3. The molecule has 1 aromatic rings. The van der Waals surface area contributed by atoms with Crippen LogP contribution in [0.25, 0.3) is 0 Å². The summed E-state index contributed by atoms with van der Waals surface area (Å²) in [6.07, 6.45) is 3.87. The molecule has 128 valence electrons. The standard InChI is InChI=1S/C20H33N3/c1-16(2)22-10-12-23(13-11-22)20-8-5-18(6-9-20)14-19-7-4-17(3)15-21-19/h5-6,8-9,16-17,19,21H,4,7,10-15H2,1-3H3/t17-,19?/m0/s1. The highest BCUT2D eigenvalue weighted by molar-refractivity contribution is 5.48. The van der Waals surface area contributed by atoms with Crippen LogP contribution in [0.5, 0.6) is 0 Å². The van der Waals surface area contributed by atoms with Gasteiger partial charge in [0.05, 0.1) is 0 Å². The summed E-state index contributed by atoms with van der Waals surface area (Å²) >= 11 is 0. The Labute approximate surface area is 142 Å². The van der Waals surface area contributed by atoms with Crippen molar-refractivity contribution < 1.29 is 0 Å². The van der Waals surface area contributed by atoms with Crippen LogP contribution in [-0.2, 0) is 6.42 Å². The van der Waals surface area contributed by atoms with E-state index < -0.39 is 0 Å². The predicted octanol–water partition coefficient (Wildman–Crippen LogP) is 3.15. The summed E-state index contributed by atoms with van der Waals surface area (Å²) in [4.78, 5) is 5.10. The number of anilines is 1. The molecule has 0 saturated carbocycles. The first-order valence-electron chi connectivity index (χ1n) is 9.43. The van der Waals surface area contributed by atoms with Crippen LogP contribution in [0.4, 0.5) is 5.69 Å². The van der Waals surface area contributed by atoms with Gasteiger partial charge in [-0.1, -0.05) is 19.1 Å². The lowest BCUT2D eigenvalue weighted by Crippen LogP contribution is -2.48. The van der Waals surface area contributed by atoms with Gasteiger partial charge in [-0.15, -0.1) is 0 Å². The first kappa shape index (κ1) is 16.8. The van der Waals surface area contributed by atoms with Crippen molar-refractivity contribution in [3.05, 3.63) is 29.8 Å². The van der Waals surface area contributed by atoms with Gasteiger partial charge in [0.1, 0.15) is 0 Å². The van der Waals surface area contributed by atoms with Gasteiger partial charge in [-0.2, -0.15) is 0 Å². The van der Waals surface area contributed by atoms with E-state index in [1.54, 1.807) is 0 Å². The molecular weight excluding hydrogens is 282 g/mol. The monoisotopic (exact) mass is 315 g/mol. The summed E-state index contributed by atoms with van der Waals surface area (Å²) in [7, 11) is 0. The van der Waals surface area contributed by atoms with E-state index in [9.17, 15) is 0 Å². The molecule has 0 spiro atoms. The Bertz CT molecular complexity index is 466. The Morgan fingerprint density at radius 1 is 1.04 bits per heavy atom. The van der Waals surface area contributed by atoms with Crippen LogP contribution in [0.15, 0.2) is 24.3 Å². The molecule has 0 aliphatic carbocycles. The third-order valence-corrected chi connectivity index (χ3v) is 5.59. The maximum atomic E-state index is 3.69. The molecule has 3 rings (SSSR count). The minimum Gasteiger partial charge on any atom is -0.369 e. The van der Waals surface area contributed by atoms with Crippen molar-refractivity contribution in [3.63, 3.8) is 0 Å². The summed E-state index contributed by atoms with van der Waals surface area (Å²) in [6, 6.07) is 10.7. The van der Waals surface area contributed by atoms with Crippen molar-refractivity contribution in [2.45, 2.75) is 52.1 Å². The van der Waals surface area contributed by atoms with Gasteiger partial charge in [0.15, 0.2) is 0 Å². The van der Waals surface area contributed by atoms with Gasteiger partial charge < -0.3 is 10.2 Å². The number of hydrogen-bond donors (Lipinski definition) is 1. The quantitative estimate of drug-likeness (QED) is 0.921. The van der Waals surface area contributed by atoms with Crippen molar-refractivity contribution >= 4 is 5.69 Å². The molecule has 23 heavy (non-hydrogen) atoms. The first-order valence-corrected chi connectivity index (χ1v) is 9.43. The summed E-state index contributed by atoms with van der Waals surface area (Å²) in [5.74, 6) is 0.845. The molecule has 1 N–H and O–H groups in total. The zero-order chi connectivity index (χ0) is 16.2. The molecule has 2 atom stereocenters. The van der Waals surface area contributed by atoms with Gasteiger partial charge in [0.2, 0.25) is 0 Å². The second kappa shape index (κ2) is 7.67. The molecule has 0 amide bonds. The summed E-state index contributed by atoms with van der Waals surface area (Å²) in [6.45, 7) is 12.8. The maximum absolute atomic E-state index is 3.69. The fourth-order valence-electron chi connectivity index (χ4n) is 3.86. The highest BCUT2D eigenvalue weighted by Crippen LogP contribution is 2.21. The number of nitrogens with zero attached hydrogens (tertiary/aromatic N) is 2. The van der Waals surface area contributed by atoms with E-state index in [1.807, 2.05) is 0 Å². The molecule has 0 bridgehead atoms. The van der Waals surface area contributed by atoms with E-state index in [0.717, 1.165) is 19.0 Å². The molecule has 1 aromatic carbocycles. The zero-order valence-electron chi connectivity index (χ0n) is 15.1. The van der Waals surface area contributed by atoms with Crippen molar-refractivity contribution in [2.75, 3.05) is 37.6 Å². The molecule has 2 heterocycles. The average molecular weight is 316 g/mol. The molecule has 2 saturated heterocycles. The molecule has 0 radical (unpaired) electrons. The van der Waals surface area contributed by atoms with Crippen LogP contribution < -0.4 is 10.2 Å². The van der Waals surface area contributed by atoms with E-state index in [-0.39, 0.29) is 0 Å². The van der Waals surface area contributed by atoms with Crippen LogP contribution in [0.1, 0.15) is 39.2 Å². The topological polar surface area (TPSA) is 18.5 Å². The number of nitrogens with one attached hydrogen (secondary N) is 1. The van der Waals surface area contributed by atoms with Crippen LogP contribution in [-0.4, -0.2) is 49.7 Å². The number of piperidine rings is 1. The van der Waals surface area contributed by atoms with Gasteiger partial charge >= 0.3 is 0 Å². The second-order valence-electron chi connectivity index (χ2n) is 7.78. The van der Waals surface area contributed by atoms with E-state index >= 15 is 0 Å². The van der Waals surface area contributed by atoms with Gasteiger partial charge in [-0.25, -0.2) is 0 Å². The Morgan fingerprint density at radius 3 is 2.30 bits per heavy atom. The molecule has 3 heteroatoms. The average Bonchev–Trinajstić information content (AvgIpc) is 2.58. The van der Waals surface area contributed by atoms with Crippen LogP contribution >= 0.6 is 0 Å². The van der Waals surface area contributed by atoms with E-state index in [4.69, 9.17) is 0 Å². The van der Waals surface area contributed by atoms with Crippen LogP contribution in [0.3, 0.4) is 0 Å². The SMILES string of the molecule is CC(C)N1CCN(c2ccc(CC3CC[C@H](C)CN3)cc2)CC1. The van der Waals surface area contributed by atoms with Crippen molar-refractivity contribution in [3.8, 4) is 0 Å². The summed E-state index contributed by atoms with van der Waals surface area (Å²) in [5, 5.41) is 3.69. The van der Waals surface area contributed by atoms with E-state index in [1.165, 1.54) is 50.1 Å². The number of rotatable bonds is 4. The molecule has 2 aliphatic heterocycles. The second-order valence-corrected chi connectivity index (χ2v) is 7.78. The molecular formula is C20H33N3. The Kier molecular flexibility index (Phi) is 5.60.